The molecule has 26 heavy (non-hydrogen) atoms. The van der Waals surface area contributed by atoms with Gasteiger partial charge < -0.3 is 0 Å². The number of aromatic nitrogens is 2. The van der Waals surface area contributed by atoms with Crippen LogP contribution in [0.25, 0.3) is 27.2 Å². The molecule has 128 valence electrons. The molecule has 0 aliphatic carbocycles. The number of rotatable bonds is 2. The van der Waals surface area contributed by atoms with Gasteiger partial charge in [-0.15, -0.1) is 0 Å². The number of imidazole rings is 1. The third kappa shape index (κ3) is 1.61. The Bertz CT molecular complexity index is 1280. The van der Waals surface area contributed by atoms with Gasteiger partial charge in [0.2, 0.25) is 0 Å². The maximum Gasteiger partial charge on any atom is 0.264 e. The standard InChI is InChI=1S/C20H15N3O3/c1-3-10(2)23-19(25)13-5-4-11-15-12(6-7-14(16(13)15)20(23)26)18(24)22-9-8-21-17(11)22/h4-10H,3H2,1-2H3. The van der Waals surface area contributed by atoms with Crippen molar-refractivity contribution in [3.05, 3.63) is 58.1 Å². The van der Waals surface area contributed by atoms with Crippen molar-refractivity contribution in [1.82, 2.24) is 14.3 Å². The van der Waals surface area contributed by atoms with Gasteiger partial charge in [-0.05, 0) is 37.6 Å². The zero-order chi connectivity index (χ0) is 18.2. The van der Waals surface area contributed by atoms with E-state index in [4.69, 9.17) is 0 Å². The van der Waals surface area contributed by atoms with Crippen molar-refractivity contribution in [2.75, 3.05) is 0 Å². The zero-order valence-corrected chi connectivity index (χ0v) is 14.3. The molecule has 1 unspecified atom stereocenters. The van der Waals surface area contributed by atoms with Gasteiger partial charge in [0.05, 0.1) is 0 Å². The maximum atomic E-state index is 13.0. The van der Waals surface area contributed by atoms with Gasteiger partial charge in [-0.25, -0.2) is 4.98 Å². The van der Waals surface area contributed by atoms with Crippen LogP contribution in [0, 0.1) is 0 Å². The Morgan fingerprint density at radius 3 is 2.27 bits per heavy atom. The number of carbonyl (C=O) groups excluding carboxylic acids is 2. The molecule has 0 saturated heterocycles. The molecule has 2 aromatic carbocycles. The van der Waals surface area contributed by atoms with E-state index in [9.17, 15) is 14.4 Å². The van der Waals surface area contributed by atoms with Crippen LogP contribution in [-0.2, 0) is 0 Å². The Morgan fingerprint density at radius 2 is 1.62 bits per heavy atom. The highest BCUT2D eigenvalue weighted by Gasteiger charge is 2.36. The van der Waals surface area contributed by atoms with Crippen LogP contribution < -0.4 is 5.56 Å². The molecule has 6 heteroatoms. The normalized spacial score (nSPS) is 15.5. The average Bonchev–Trinajstić information content (AvgIpc) is 3.14. The molecule has 1 atom stereocenters. The predicted molar refractivity (Wildman–Crippen MR) is 97.9 cm³/mol. The number of pyridine rings is 1. The second-order valence-corrected chi connectivity index (χ2v) is 6.73. The van der Waals surface area contributed by atoms with Crippen LogP contribution in [0.2, 0.25) is 0 Å². The van der Waals surface area contributed by atoms with E-state index in [-0.39, 0.29) is 23.4 Å². The molecule has 4 aromatic rings. The summed E-state index contributed by atoms with van der Waals surface area (Å²) in [5.74, 6) is -0.608. The highest BCUT2D eigenvalue weighted by atomic mass is 16.2. The summed E-state index contributed by atoms with van der Waals surface area (Å²) in [6.45, 7) is 3.81. The minimum absolute atomic E-state index is 0.189. The Morgan fingerprint density at radius 1 is 0.962 bits per heavy atom. The SMILES string of the molecule is CCC(C)N1C(=O)c2ccc3c(=O)n4ccnc4c4ccc(c2c34)C1=O. The first kappa shape index (κ1) is 15.0. The van der Waals surface area contributed by atoms with Gasteiger partial charge in [0, 0.05) is 51.1 Å². The fourth-order valence-electron chi connectivity index (χ4n) is 3.95. The van der Waals surface area contributed by atoms with Crippen LogP contribution in [0.15, 0.2) is 41.5 Å². The van der Waals surface area contributed by atoms with Crippen molar-refractivity contribution in [1.29, 1.82) is 0 Å². The summed E-state index contributed by atoms with van der Waals surface area (Å²) in [5.41, 5.74) is 1.27. The van der Waals surface area contributed by atoms with E-state index in [0.29, 0.717) is 39.4 Å². The molecule has 0 radical (unpaired) electrons. The van der Waals surface area contributed by atoms with E-state index in [1.165, 1.54) is 9.30 Å². The Labute approximate surface area is 148 Å². The van der Waals surface area contributed by atoms with E-state index in [1.54, 1.807) is 30.6 Å². The van der Waals surface area contributed by atoms with E-state index in [0.717, 1.165) is 5.39 Å². The fraction of sp³-hybridized carbons (Fsp3) is 0.200. The third-order valence-corrected chi connectivity index (χ3v) is 5.42. The van der Waals surface area contributed by atoms with Crippen molar-refractivity contribution in [2.45, 2.75) is 26.3 Å². The molecule has 6 nitrogen and oxygen atoms in total. The van der Waals surface area contributed by atoms with Crippen molar-refractivity contribution < 1.29 is 9.59 Å². The lowest BCUT2D eigenvalue weighted by Crippen LogP contribution is -2.45. The van der Waals surface area contributed by atoms with Crippen LogP contribution in [-0.4, -0.2) is 32.1 Å². The van der Waals surface area contributed by atoms with Gasteiger partial charge in [0.25, 0.3) is 17.4 Å². The minimum atomic E-state index is -0.304. The number of benzene rings is 2. The largest absolute Gasteiger partial charge is 0.272 e. The van der Waals surface area contributed by atoms with Crippen molar-refractivity contribution in [3.63, 3.8) is 0 Å². The Kier molecular flexibility index (Phi) is 2.82. The van der Waals surface area contributed by atoms with Crippen molar-refractivity contribution >= 4 is 39.0 Å². The summed E-state index contributed by atoms with van der Waals surface area (Å²) in [6, 6.07) is 6.71. The van der Waals surface area contributed by atoms with Gasteiger partial charge in [0.1, 0.15) is 5.65 Å². The molecule has 2 aromatic heterocycles. The van der Waals surface area contributed by atoms with Crippen LogP contribution >= 0.6 is 0 Å². The number of carbonyl (C=O) groups is 2. The first-order chi connectivity index (χ1) is 12.5. The fourth-order valence-corrected chi connectivity index (χ4v) is 3.95. The number of hydrogen-bond donors (Lipinski definition) is 0. The molecule has 5 rings (SSSR count). The van der Waals surface area contributed by atoms with Gasteiger partial charge in [0.15, 0.2) is 0 Å². The zero-order valence-electron chi connectivity index (χ0n) is 14.3. The van der Waals surface area contributed by atoms with Crippen LogP contribution in [0.4, 0.5) is 0 Å². The maximum absolute atomic E-state index is 13.0. The summed E-state index contributed by atoms with van der Waals surface area (Å²) < 4.78 is 1.50. The van der Waals surface area contributed by atoms with Crippen LogP contribution in [0.5, 0.6) is 0 Å². The summed E-state index contributed by atoms with van der Waals surface area (Å²) in [7, 11) is 0. The quantitative estimate of drug-likeness (QED) is 0.524. The van der Waals surface area contributed by atoms with E-state index in [2.05, 4.69) is 4.98 Å². The monoisotopic (exact) mass is 345 g/mol. The lowest BCUT2D eigenvalue weighted by atomic mass is 9.89. The highest BCUT2D eigenvalue weighted by molar-refractivity contribution is 6.31. The van der Waals surface area contributed by atoms with Crippen molar-refractivity contribution in [2.24, 2.45) is 0 Å². The first-order valence-corrected chi connectivity index (χ1v) is 8.60. The Hall–Kier alpha value is -3.28. The van der Waals surface area contributed by atoms with E-state index < -0.39 is 0 Å². The molecule has 0 spiro atoms. The molecule has 1 aliphatic rings. The number of imide groups is 1. The molecule has 0 N–H and O–H groups in total. The number of fused-ring (bicyclic) bond motifs is 2. The molecular formula is C20H15N3O3. The highest BCUT2D eigenvalue weighted by Crippen LogP contribution is 2.37. The topological polar surface area (TPSA) is 71.8 Å². The molecule has 3 heterocycles. The van der Waals surface area contributed by atoms with Gasteiger partial charge >= 0.3 is 0 Å². The van der Waals surface area contributed by atoms with E-state index in [1.807, 2.05) is 19.9 Å². The molecule has 0 saturated carbocycles. The van der Waals surface area contributed by atoms with Gasteiger partial charge in [-0.1, -0.05) is 6.92 Å². The van der Waals surface area contributed by atoms with Crippen molar-refractivity contribution in [3.8, 4) is 0 Å². The number of amides is 2. The molecular weight excluding hydrogens is 330 g/mol. The molecule has 2 amide bonds. The lowest BCUT2D eigenvalue weighted by molar-refractivity contribution is 0.0548. The van der Waals surface area contributed by atoms with Gasteiger partial charge in [-0.2, -0.15) is 0 Å². The third-order valence-electron chi connectivity index (χ3n) is 5.42. The second kappa shape index (κ2) is 4.88. The van der Waals surface area contributed by atoms with Gasteiger partial charge in [-0.3, -0.25) is 23.7 Å². The molecule has 0 bridgehead atoms. The van der Waals surface area contributed by atoms with Crippen LogP contribution in [0.3, 0.4) is 0 Å². The summed E-state index contributed by atoms with van der Waals surface area (Å²) in [6.07, 6.45) is 3.88. The van der Waals surface area contributed by atoms with Crippen LogP contribution in [0.1, 0.15) is 41.0 Å². The van der Waals surface area contributed by atoms with E-state index >= 15 is 0 Å². The first-order valence-electron chi connectivity index (χ1n) is 8.60. The summed E-state index contributed by atoms with van der Waals surface area (Å²) in [5, 5.41) is 2.47. The summed E-state index contributed by atoms with van der Waals surface area (Å²) in [4.78, 5) is 44.5. The summed E-state index contributed by atoms with van der Waals surface area (Å²) >= 11 is 0. The number of hydrogen-bond acceptors (Lipinski definition) is 4. The predicted octanol–water partition coefficient (Wildman–Crippen LogP) is 2.83. The smallest absolute Gasteiger partial charge is 0.264 e. The average molecular weight is 345 g/mol. The second-order valence-electron chi connectivity index (χ2n) is 6.73. The lowest BCUT2D eigenvalue weighted by Gasteiger charge is -2.31. The number of nitrogens with zero attached hydrogens (tertiary/aromatic N) is 3. The molecule has 0 fully saturated rings. The minimum Gasteiger partial charge on any atom is -0.272 e. The molecule has 1 aliphatic heterocycles. The Balaban J connectivity index is 1.99.